The Bertz CT molecular complexity index is 1000. The van der Waals surface area contributed by atoms with Crippen molar-refractivity contribution in [2.45, 2.75) is 38.8 Å². The number of nitrogens with zero attached hydrogens (tertiary/aromatic N) is 3. The number of ether oxygens (including phenoxy) is 2. The minimum Gasteiger partial charge on any atom is -0.454 e. The summed E-state index contributed by atoms with van der Waals surface area (Å²) in [7, 11) is 0. The van der Waals surface area contributed by atoms with Crippen LogP contribution in [-0.2, 0) is 13.1 Å². The Morgan fingerprint density at radius 3 is 2.52 bits per heavy atom. The lowest BCUT2D eigenvalue weighted by Crippen LogP contribution is -2.26. The van der Waals surface area contributed by atoms with E-state index in [2.05, 4.69) is 63.3 Å². The first-order chi connectivity index (χ1) is 15.4. The van der Waals surface area contributed by atoms with Crippen molar-refractivity contribution in [1.29, 1.82) is 0 Å². The maximum absolute atomic E-state index is 5.76. The first-order valence-corrected chi connectivity index (χ1v) is 11.2. The largest absolute Gasteiger partial charge is 0.454 e. The van der Waals surface area contributed by atoms with Crippen LogP contribution in [0.3, 0.4) is 0 Å². The molecule has 0 aliphatic carbocycles. The zero-order chi connectivity index (χ0) is 20.9. The molecule has 31 heavy (non-hydrogen) atoms. The number of anilines is 2. The van der Waals surface area contributed by atoms with Crippen molar-refractivity contribution in [2.24, 2.45) is 0 Å². The predicted octanol–water partition coefficient (Wildman–Crippen LogP) is 5.40. The van der Waals surface area contributed by atoms with Crippen molar-refractivity contribution in [3.63, 3.8) is 0 Å². The molecule has 5 rings (SSSR count). The van der Waals surface area contributed by atoms with Crippen LogP contribution < -0.4 is 19.3 Å². The molecule has 2 aliphatic rings. The zero-order valence-electron chi connectivity index (χ0n) is 17.9. The maximum atomic E-state index is 5.76. The third-order valence-electron chi connectivity index (χ3n) is 6.07. The van der Waals surface area contributed by atoms with Gasteiger partial charge in [-0.1, -0.05) is 43.2 Å². The van der Waals surface area contributed by atoms with Crippen molar-refractivity contribution in [1.82, 2.24) is 4.98 Å². The lowest BCUT2D eigenvalue weighted by molar-refractivity contribution is 0.173. The number of hydrogen-bond donors (Lipinski definition) is 0. The van der Waals surface area contributed by atoms with Crippen LogP contribution in [0.1, 0.15) is 36.8 Å². The minimum absolute atomic E-state index is 0.293. The molecule has 160 valence electrons. The zero-order valence-corrected chi connectivity index (χ0v) is 17.9. The van der Waals surface area contributed by atoms with Gasteiger partial charge >= 0.3 is 0 Å². The molecule has 1 aromatic heterocycles. The Labute approximate surface area is 184 Å². The van der Waals surface area contributed by atoms with E-state index in [1.807, 2.05) is 18.3 Å². The summed E-state index contributed by atoms with van der Waals surface area (Å²) in [5, 5.41) is 0. The number of fused-ring (bicyclic) bond motifs is 1. The summed E-state index contributed by atoms with van der Waals surface area (Å²) in [5.41, 5.74) is 3.59. The van der Waals surface area contributed by atoms with Crippen LogP contribution in [-0.4, -0.2) is 24.9 Å². The minimum atomic E-state index is 0.293. The average molecular weight is 416 g/mol. The van der Waals surface area contributed by atoms with Crippen molar-refractivity contribution in [2.75, 3.05) is 29.7 Å². The third kappa shape index (κ3) is 4.61. The van der Waals surface area contributed by atoms with Gasteiger partial charge in [-0.2, -0.15) is 0 Å². The molecule has 1 fully saturated rings. The van der Waals surface area contributed by atoms with Gasteiger partial charge in [0.1, 0.15) is 5.82 Å². The lowest BCUT2D eigenvalue weighted by Gasteiger charge is -2.27. The van der Waals surface area contributed by atoms with Crippen LogP contribution in [0.5, 0.6) is 11.5 Å². The van der Waals surface area contributed by atoms with Crippen molar-refractivity contribution < 1.29 is 9.47 Å². The van der Waals surface area contributed by atoms with E-state index in [-0.39, 0.29) is 0 Å². The van der Waals surface area contributed by atoms with Gasteiger partial charge < -0.3 is 19.3 Å². The highest BCUT2D eigenvalue weighted by atomic mass is 16.7. The van der Waals surface area contributed by atoms with Crippen LogP contribution in [0.4, 0.5) is 11.5 Å². The molecule has 0 radical (unpaired) electrons. The number of para-hydroxylation sites is 2. The molecule has 0 bridgehead atoms. The molecule has 3 heterocycles. The van der Waals surface area contributed by atoms with Crippen molar-refractivity contribution in [3.05, 3.63) is 78.0 Å². The maximum Gasteiger partial charge on any atom is 0.231 e. The second kappa shape index (κ2) is 9.29. The molecule has 5 nitrogen and oxygen atoms in total. The van der Waals surface area contributed by atoms with Gasteiger partial charge in [-0.3, -0.25) is 0 Å². The highest BCUT2D eigenvalue weighted by Crippen LogP contribution is 2.36. The smallest absolute Gasteiger partial charge is 0.231 e. The number of pyridine rings is 1. The molecule has 0 atom stereocenters. The Balaban J connectivity index is 1.41. The van der Waals surface area contributed by atoms with Gasteiger partial charge in [0, 0.05) is 43.6 Å². The molecule has 0 amide bonds. The van der Waals surface area contributed by atoms with Crippen molar-refractivity contribution >= 4 is 11.5 Å². The highest BCUT2D eigenvalue weighted by molar-refractivity contribution is 5.53. The molecular weight excluding hydrogens is 386 g/mol. The average Bonchev–Trinajstić information content (AvgIpc) is 3.14. The fourth-order valence-corrected chi connectivity index (χ4v) is 4.45. The lowest BCUT2D eigenvalue weighted by atomic mass is 10.1. The Morgan fingerprint density at radius 1 is 0.839 bits per heavy atom. The van der Waals surface area contributed by atoms with Gasteiger partial charge in [0.25, 0.3) is 0 Å². The van der Waals surface area contributed by atoms with Gasteiger partial charge in [0.15, 0.2) is 11.5 Å². The normalized spacial score (nSPS) is 15.5. The van der Waals surface area contributed by atoms with Crippen molar-refractivity contribution in [3.8, 4) is 11.5 Å². The second-order valence-corrected chi connectivity index (χ2v) is 8.27. The van der Waals surface area contributed by atoms with Crippen LogP contribution in [0, 0.1) is 0 Å². The van der Waals surface area contributed by atoms with Crippen LogP contribution in [0.2, 0.25) is 0 Å². The number of aromatic nitrogens is 1. The predicted molar refractivity (Wildman–Crippen MR) is 124 cm³/mol. The number of benzene rings is 2. The van der Waals surface area contributed by atoms with Crippen LogP contribution in [0.25, 0.3) is 0 Å². The Hall–Kier alpha value is -3.21. The highest BCUT2D eigenvalue weighted by Gasteiger charge is 2.20. The van der Waals surface area contributed by atoms with E-state index in [9.17, 15) is 0 Å². The van der Waals surface area contributed by atoms with Gasteiger partial charge in [-0.25, -0.2) is 4.98 Å². The molecule has 0 spiro atoms. The monoisotopic (exact) mass is 415 g/mol. The van der Waals surface area contributed by atoms with E-state index in [1.165, 1.54) is 36.9 Å². The van der Waals surface area contributed by atoms with E-state index in [0.717, 1.165) is 49.1 Å². The summed E-state index contributed by atoms with van der Waals surface area (Å²) < 4.78 is 11.3. The Kier molecular flexibility index (Phi) is 5.92. The Morgan fingerprint density at radius 2 is 1.68 bits per heavy atom. The summed E-state index contributed by atoms with van der Waals surface area (Å²) in [5.74, 6) is 2.80. The second-order valence-electron chi connectivity index (χ2n) is 8.27. The van der Waals surface area contributed by atoms with Gasteiger partial charge in [-0.15, -0.1) is 0 Å². The molecule has 5 heteroatoms. The van der Waals surface area contributed by atoms with Gasteiger partial charge in [0.05, 0.1) is 0 Å². The number of hydrogen-bond acceptors (Lipinski definition) is 5. The van der Waals surface area contributed by atoms with Crippen LogP contribution in [0.15, 0.2) is 66.9 Å². The van der Waals surface area contributed by atoms with Gasteiger partial charge in [0.2, 0.25) is 6.79 Å². The standard InChI is InChI=1S/C26H29N3O2/c1-2-7-16-28(15-6-1)25-17-21(13-14-27-25)18-29(23-10-4-3-5-11-23)19-22-9-8-12-24-26(22)31-20-30-24/h3-5,8-14,17H,1-2,6-7,15-16,18-20H2. The first-order valence-electron chi connectivity index (χ1n) is 11.2. The summed E-state index contributed by atoms with van der Waals surface area (Å²) in [4.78, 5) is 9.52. The summed E-state index contributed by atoms with van der Waals surface area (Å²) in [6.45, 7) is 4.05. The molecule has 0 N–H and O–H groups in total. The molecule has 0 unspecified atom stereocenters. The van der Waals surface area contributed by atoms with E-state index in [1.54, 1.807) is 0 Å². The van der Waals surface area contributed by atoms with E-state index >= 15 is 0 Å². The van der Waals surface area contributed by atoms with E-state index in [4.69, 9.17) is 9.47 Å². The topological polar surface area (TPSA) is 37.8 Å². The number of rotatable bonds is 6. The van der Waals surface area contributed by atoms with Crippen LogP contribution >= 0.6 is 0 Å². The fraction of sp³-hybridized carbons (Fsp3) is 0.346. The molecular formula is C26H29N3O2. The quantitative estimate of drug-likeness (QED) is 0.539. The van der Waals surface area contributed by atoms with Gasteiger partial charge in [-0.05, 0) is 48.7 Å². The molecule has 1 saturated heterocycles. The molecule has 3 aromatic rings. The van der Waals surface area contributed by atoms with E-state index < -0.39 is 0 Å². The van der Waals surface area contributed by atoms with E-state index in [0.29, 0.717) is 6.79 Å². The molecule has 2 aliphatic heterocycles. The summed E-state index contributed by atoms with van der Waals surface area (Å²) >= 11 is 0. The molecule has 0 saturated carbocycles. The molecule has 2 aromatic carbocycles. The fourth-order valence-electron chi connectivity index (χ4n) is 4.45. The summed E-state index contributed by atoms with van der Waals surface area (Å²) in [6.07, 6.45) is 7.11. The third-order valence-corrected chi connectivity index (χ3v) is 6.07. The first kappa shape index (κ1) is 19.7. The SMILES string of the molecule is c1ccc(N(Cc2ccnc(N3CCCCCC3)c2)Cc2cccc3c2OCO3)cc1. The summed E-state index contributed by atoms with van der Waals surface area (Å²) in [6, 6.07) is 21.1.